The zero-order chi connectivity index (χ0) is 25.5. The SMILES string of the molecule is Cc1cc2cc(C(=O)N(Cc3ccc(C(F)(F)F)cn3)[C@H](C)c3ncn(C)n3)c(F)cc2nc1N. The molecule has 1 amide bonds. The highest BCUT2D eigenvalue weighted by Gasteiger charge is 2.32. The highest BCUT2D eigenvalue weighted by molar-refractivity contribution is 5.98. The largest absolute Gasteiger partial charge is 0.417 e. The number of pyridine rings is 2. The Hall–Kier alpha value is -4.09. The molecule has 0 saturated carbocycles. The third kappa shape index (κ3) is 4.91. The van der Waals surface area contributed by atoms with E-state index >= 15 is 4.39 Å². The van der Waals surface area contributed by atoms with Gasteiger partial charge >= 0.3 is 6.18 Å². The molecule has 0 aliphatic heterocycles. The van der Waals surface area contributed by atoms with Gasteiger partial charge in [-0.05, 0) is 43.7 Å². The summed E-state index contributed by atoms with van der Waals surface area (Å²) >= 11 is 0. The molecule has 8 nitrogen and oxygen atoms in total. The van der Waals surface area contributed by atoms with Gasteiger partial charge in [-0.15, -0.1) is 0 Å². The molecule has 2 N–H and O–H groups in total. The lowest BCUT2D eigenvalue weighted by Gasteiger charge is -2.28. The first-order chi connectivity index (χ1) is 16.4. The van der Waals surface area contributed by atoms with Crippen LogP contribution in [-0.4, -0.2) is 35.5 Å². The van der Waals surface area contributed by atoms with Gasteiger partial charge in [-0.2, -0.15) is 18.3 Å². The molecule has 4 rings (SSSR count). The molecule has 0 radical (unpaired) electrons. The third-order valence-corrected chi connectivity index (χ3v) is 5.57. The Kier molecular flexibility index (Phi) is 6.14. The average Bonchev–Trinajstić information content (AvgIpc) is 3.23. The van der Waals surface area contributed by atoms with Crippen molar-refractivity contribution in [3.63, 3.8) is 0 Å². The Morgan fingerprint density at radius 1 is 1.20 bits per heavy atom. The van der Waals surface area contributed by atoms with Gasteiger partial charge in [0.1, 0.15) is 18.0 Å². The Balaban J connectivity index is 1.75. The molecular formula is C23H21F4N7O. The van der Waals surface area contributed by atoms with E-state index in [1.165, 1.54) is 28.0 Å². The molecule has 1 aromatic carbocycles. The molecule has 4 aromatic rings. The van der Waals surface area contributed by atoms with Crippen LogP contribution in [0.3, 0.4) is 0 Å². The van der Waals surface area contributed by atoms with Crippen molar-refractivity contribution in [1.29, 1.82) is 0 Å². The van der Waals surface area contributed by atoms with Crippen LogP contribution in [-0.2, 0) is 19.8 Å². The second-order valence-electron chi connectivity index (χ2n) is 8.14. The van der Waals surface area contributed by atoms with Crippen molar-refractivity contribution >= 4 is 22.6 Å². The van der Waals surface area contributed by atoms with E-state index in [9.17, 15) is 18.0 Å². The summed E-state index contributed by atoms with van der Waals surface area (Å²) in [5.41, 5.74) is 5.79. The van der Waals surface area contributed by atoms with E-state index in [2.05, 4.69) is 20.1 Å². The summed E-state index contributed by atoms with van der Waals surface area (Å²) in [7, 11) is 1.65. The summed E-state index contributed by atoms with van der Waals surface area (Å²) in [5, 5.41) is 4.73. The van der Waals surface area contributed by atoms with Gasteiger partial charge < -0.3 is 10.6 Å². The molecule has 0 unspecified atom stereocenters. The molecule has 0 aliphatic carbocycles. The van der Waals surface area contributed by atoms with Crippen molar-refractivity contribution in [2.45, 2.75) is 32.6 Å². The van der Waals surface area contributed by atoms with Crippen LogP contribution in [0.25, 0.3) is 10.9 Å². The van der Waals surface area contributed by atoms with Crippen molar-refractivity contribution < 1.29 is 22.4 Å². The van der Waals surface area contributed by atoms with Gasteiger partial charge in [0, 0.05) is 24.7 Å². The topological polar surface area (TPSA) is 103 Å². The summed E-state index contributed by atoms with van der Waals surface area (Å²) in [6.45, 7) is 3.18. The summed E-state index contributed by atoms with van der Waals surface area (Å²) in [4.78, 5) is 27.0. The predicted octanol–water partition coefficient (Wildman–Crippen LogP) is 4.21. The number of benzene rings is 1. The number of carbonyl (C=O) groups excluding carboxylic acids is 1. The fourth-order valence-corrected chi connectivity index (χ4v) is 3.57. The Bertz CT molecular complexity index is 1400. The zero-order valence-electron chi connectivity index (χ0n) is 19.0. The summed E-state index contributed by atoms with van der Waals surface area (Å²) in [6.07, 6.45) is -2.41. The number of halogens is 4. The standard InChI is InChI=1S/C23H21F4N7O/c1-12-6-14-7-17(18(24)8-19(14)31-20(12)28)22(35)34(13(2)21-30-11-33(3)32-21)10-16-5-4-15(9-29-16)23(25,26)27/h4-9,11,13H,10H2,1-3H3,(H2,28,31)/t13-/m1/s1. The lowest BCUT2D eigenvalue weighted by Crippen LogP contribution is -2.34. The van der Waals surface area contributed by atoms with E-state index in [0.717, 1.165) is 12.1 Å². The molecule has 0 saturated heterocycles. The van der Waals surface area contributed by atoms with Crippen LogP contribution in [0.2, 0.25) is 0 Å². The number of aryl methyl sites for hydroxylation is 2. The van der Waals surface area contributed by atoms with Crippen molar-refractivity contribution in [1.82, 2.24) is 29.6 Å². The molecule has 3 heterocycles. The van der Waals surface area contributed by atoms with E-state index in [4.69, 9.17) is 5.73 Å². The van der Waals surface area contributed by atoms with Crippen molar-refractivity contribution in [3.05, 3.63) is 76.9 Å². The second kappa shape index (κ2) is 8.93. The number of hydrogen-bond donors (Lipinski definition) is 1. The monoisotopic (exact) mass is 487 g/mol. The molecule has 0 fully saturated rings. The van der Waals surface area contributed by atoms with E-state index in [-0.39, 0.29) is 35.0 Å². The highest BCUT2D eigenvalue weighted by atomic mass is 19.4. The smallest absolute Gasteiger partial charge is 0.383 e. The quantitative estimate of drug-likeness (QED) is 0.423. The highest BCUT2D eigenvalue weighted by Crippen LogP contribution is 2.30. The van der Waals surface area contributed by atoms with Crippen LogP contribution in [0.5, 0.6) is 0 Å². The lowest BCUT2D eigenvalue weighted by atomic mass is 10.1. The van der Waals surface area contributed by atoms with Gasteiger partial charge in [-0.3, -0.25) is 14.5 Å². The number of anilines is 1. The number of amides is 1. The molecule has 12 heteroatoms. The number of nitrogen functional groups attached to an aromatic ring is 1. The van der Waals surface area contributed by atoms with Crippen LogP contribution in [0.1, 0.15) is 46.0 Å². The minimum Gasteiger partial charge on any atom is -0.383 e. The summed E-state index contributed by atoms with van der Waals surface area (Å²) < 4.78 is 55.3. The summed E-state index contributed by atoms with van der Waals surface area (Å²) in [6, 6.07) is 5.50. The summed E-state index contributed by atoms with van der Waals surface area (Å²) in [5.74, 6) is -0.995. The van der Waals surface area contributed by atoms with Crippen LogP contribution in [0.4, 0.5) is 23.4 Å². The predicted molar refractivity (Wildman–Crippen MR) is 119 cm³/mol. The van der Waals surface area contributed by atoms with Crippen LogP contribution < -0.4 is 5.73 Å². The number of carbonyl (C=O) groups is 1. The van der Waals surface area contributed by atoms with Gasteiger partial charge in [0.05, 0.1) is 34.9 Å². The van der Waals surface area contributed by atoms with E-state index < -0.39 is 29.5 Å². The average molecular weight is 487 g/mol. The van der Waals surface area contributed by atoms with Crippen LogP contribution in [0.15, 0.2) is 42.9 Å². The van der Waals surface area contributed by atoms with Crippen LogP contribution >= 0.6 is 0 Å². The minimum atomic E-state index is -4.55. The van der Waals surface area contributed by atoms with Gasteiger partial charge in [0.2, 0.25) is 0 Å². The number of alkyl halides is 3. The van der Waals surface area contributed by atoms with Crippen molar-refractivity contribution in [2.24, 2.45) is 7.05 Å². The number of fused-ring (bicyclic) bond motifs is 1. The van der Waals surface area contributed by atoms with E-state index in [1.54, 1.807) is 27.0 Å². The van der Waals surface area contributed by atoms with E-state index in [1.807, 2.05) is 0 Å². The van der Waals surface area contributed by atoms with Gasteiger partial charge in [-0.1, -0.05) is 0 Å². The molecule has 1 atom stereocenters. The minimum absolute atomic E-state index is 0.181. The maximum atomic E-state index is 15.1. The fourth-order valence-electron chi connectivity index (χ4n) is 3.57. The maximum Gasteiger partial charge on any atom is 0.417 e. The van der Waals surface area contributed by atoms with Crippen LogP contribution in [0, 0.1) is 12.7 Å². The van der Waals surface area contributed by atoms with Gasteiger partial charge in [-0.25, -0.2) is 14.4 Å². The van der Waals surface area contributed by atoms with E-state index in [0.29, 0.717) is 17.1 Å². The number of rotatable bonds is 5. The lowest BCUT2D eigenvalue weighted by molar-refractivity contribution is -0.137. The molecular weight excluding hydrogens is 466 g/mol. The van der Waals surface area contributed by atoms with Gasteiger partial charge in [0.25, 0.3) is 5.91 Å². The molecule has 35 heavy (non-hydrogen) atoms. The third-order valence-electron chi connectivity index (χ3n) is 5.57. The molecule has 0 bridgehead atoms. The van der Waals surface area contributed by atoms with Gasteiger partial charge in [0.15, 0.2) is 5.82 Å². The first-order valence-corrected chi connectivity index (χ1v) is 10.5. The van der Waals surface area contributed by atoms with Crippen molar-refractivity contribution in [3.8, 4) is 0 Å². The number of nitrogens with zero attached hydrogens (tertiary/aromatic N) is 6. The zero-order valence-corrected chi connectivity index (χ0v) is 19.0. The maximum absolute atomic E-state index is 15.1. The molecule has 182 valence electrons. The number of hydrogen-bond acceptors (Lipinski definition) is 6. The molecule has 3 aromatic heterocycles. The molecule has 0 spiro atoms. The van der Waals surface area contributed by atoms with Crippen molar-refractivity contribution in [2.75, 3.05) is 5.73 Å². The molecule has 0 aliphatic rings. The Morgan fingerprint density at radius 2 is 1.94 bits per heavy atom. The first-order valence-electron chi connectivity index (χ1n) is 10.5. The normalized spacial score (nSPS) is 12.7. The fraction of sp³-hybridized carbons (Fsp3) is 0.261. The first kappa shape index (κ1) is 24.0. The number of aromatic nitrogens is 5. The Morgan fingerprint density at radius 3 is 2.54 bits per heavy atom. The second-order valence-corrected chi connectivity index (χ2v) is 8.14. The number of nitrogens with two attached hydrogens (primary N) is 1. The Labute approximate surface area is 197 Å².